The largest absolute Gasteiger partial charge is 0.481 e. The summed E-state index contributed by atoms with van der Waals surface area (Å²) in [5.41, 5.74) is 8.47. The van der Waals surface area contributed by atoms with Crippen LogP contribution >= 0.6 is 0 Å². The molecule has 0 aromatic heterocycles. The number of hydrogen-bond acceptors (Lipinski definition) is 3. The van der Waals surface area contributed by atoms with Crippen molar-refractivity contribution in [3.63, 3.8) is 0 Å². The molecule has 0 aliphatic heterocycles. The number of nitrogens with two attached hydrogens (primary N) is 1. The van der Waals surface area contributed by atoms with Gasteiger partial charge in [-0.3, -0.25) is 4.79 Å². The molecule has 0 radical (unpaired) electrons. The Bertz CT molecular complexity index is 502. The van der Waals surface area contributed by atoms with E-state index in [9.17, 15) is 4.79 Å². The van der Waals surface area contributed by atoms with Crippen LogP contribution in [-0.2, 0) is 11.2 Å². The van der Waals surface area contributed by atoms with Crippen molar-refractivity contribution in [2.75, 3.05) is 0 Å². The Labute approximate surface area is 127 Å². The molecular weight excluding hydrogens is 264 g/mol. The van der Waals surface area contributed by atoms with E-state index in [1.807, 2.05) is 25.1 Å². The number of rotatable bonds is 6. The van der Waals surface area contributed by atoms with E-state index in [1.54, 1.807) is 6.92 Å². The minimum Gasteiger partial charge on any atom is -0.481 e. The molecule has 1 aliphatic rings. The minimum atomic E-state index is -0.488. The molecule has 4 nitrogen and oxygen atoms in total. The first-order valence-corrected chi connectivity index (χ1v) is 7.86. The third-order valence-corrected chi connectivity index (χ3v) is 4.03. The van der Waals surface area contributed by atoms with Crippen LogP contribution in [0.4, 0.5) is 0 Å². The molecule has 3 atom stereocenters. The molecule has 0 saturated heterocycles. The molecule has 2 rings (SSSR count). The van der Waals surface area contributed by atoms with Gasteiger partial charge in [0.1, 0.15) is 5.75 Å². The Balaban J connectivity index is 1.93. The summed E-state index contributed by atoms with van der Waals surface area (Å²) in [6, 6.07) is 6.27. The van der Waals surface area contributed by atoms with E-state index in [1.165, 1.54) is 11.1 Å². The van der Waals surface area contributed by atoms with Gasteiger partial charge in [-0.25, -0.2) is 0 Å². The van der Waals surface area contributed by atoms with Crippen molar-refractivity contribution >= 4 is 5.91 Å². The van der Waals surface area contributed by atoms with Crippen molar-refractivity contribution in [1.29, 1.82) is 0 Å². The summed E-state index contributed by atoms with van der Waals surface area (Å²) < 4.78 is 5.76. The number of nitrogens with one attached hydrogen (secondary N) is 1. The molecule has 1 amide bonds. The molecule has 3 N–H and O–H groups in total. The lowest BCUT2D eigenvalue weighted by atomic mass is 10.1. The van der Waals surface area contributed by atoms with Crippen molar-refractivity contribution < 1.29 is 9.53 Å². The molecule has 0 spiro atoms. The van der Waals surface area contributed by atoms with Gasteiger partial charge in [0, 0.05) is 12.1 Å². The van der Waals surface area contributed by atoms with Crippen molar-refractivity contribution in [2.24, 2.45) is 5.73 Å². The van der Waals surface area contributed by atoms with Gasteiger partial charge >= 0.3 is 0 Å². The van der Waals surface area contributed by atoms with Gasteiger partial charge in [-0.1, -0.05) is 19.4 Å². The second-order valence-corrected chi connectivity index (χ2v) is 5.96. The summed E-state index contributed by atoms with van der Waals surface area (Å²) in [7, 11) is 0. The van der Waals surface area contributed by atoms with Crippen LogP contribution in [0.25, 0.3) is 0 Å². The molecule has 0 fully saturated rings. The number of carbonyl (C=O) groups excluding carboxylic acids is 1. The predicted molar refractivity (Wildman–Crippen MR) is 84.3 cm³/mol. The van der Waals surface area contributed by atoms with E-state index in [2.05, 4.69) is 12.2 Å². The maximum atomic E-state index is 12.1. The number of ether oxygens (including phenoxy) is 1. The maximum Gasteiger partial charge on any atom is 0.260 e. The number of carbonyl (C=O) groups is 1. The number of amides is 1. The highest BCUT2D eigenvalue weighted by Crippen LogP contribution is 2.32. The maximum absolute atomic E-state index is 12.1. The SMILES string of the molecule is CCCC(C)NC(=O)C(C)Oc1ccc2c(c1)CC[C@H]2N. The monoisotopic (exact) mass is 290 g/mol. The summed E-state index contributed by atoms with van der Waals surface area (Å²) in [4.78, 5) is 12.1. The summed E-state index contributed by atoms with van der Waals surface area (Å²) in [5.74, 6) is 0.682. The van der Waals surface area contributed by atoms with Gasteiger partial charge in [0.05, 0.1) is 0 Å². The van der Waals surface area contributed by atoms with E-state index < -0.39 is 6.10 Å². The van der Waals surface area contributed by atoms with Gasteiger partial charge < -0.3 is 15.8 Å². The summed E-state index contributed by atoms with van der Waals surface area (Å²) in [5, 5.41) is 2.98. The van der Waals surface area contributed by atoms with Gasteiger partial charge in [-0.05, 0) is 56.4 Å². The van der Waals surface area contributed by atoms with Crippen LogP contribution in [0.2, 0.25) is 0 Å². The van der Waals surface area contributed by atoms with Crippen molar-refractivity contribution in [3.05, 3.63) is 29.3 Å². The van der Waals surface area contributed by atoms with Crippen molar-refractivity contribution in [1.82, 2.24) is 5.32 Å². The van der Waals surface area contributed by atoms with E-state index in [-0.39, 0.29) is 18.0 Å². The molecule has 1 aromatic carbocycles. The lowest BCUT2D eigenvalue weighted by Crippen LogP contribution is -2.41. The molecular formula is C17H26N2O2. The highest BCUT2D eigenvalue weighted by atomic mass is 16.5. The lowest BCUT2D eigenvalue weighted by molar-refractivity contribution is -0.127. The molecule has 2 unspecified atom stereocenters. The van der Waals surface area contributed by atoms with E-state index in [0.29, 0.717) is 0 Å². The van der Waals surface area contributed by atoms with Gasteiger partial charge in [0.25, 0.3) is 5.91 Å². The Morgan fingerprint density at radius 3 is 2.95 bits per heavy atom. The third-order valence-electron chi connectivity index (χ3n) is 4.03. The smallest absolute Gasteiger partial charge is 0.260 e. The Hall–Kier alpha value is -1.55. The zero-order valence-electron chi connectivity index (χ0n) is 13.2. The lowest BCUT2D eigenvalue weighted by Gasteiger charge is -2.19. The number of fused-ring (bicyclic) bond motifs is 1. The Morgan fingerprint density at radius 2 is 2.24 bits per heavy atom. The Kier molecular flexibility index (Phi) is 5.23. The molecule has 0 bridgehead atoms. The molecule has 116 valence electrons. The van der Waals surface area contributed by atoms with Crippen LogP contribution in [0.5, 0.6) is 5.75 Å². The second kappa shape index (κ2) is 6.94. The first kappa shape index (κ1) is 15.8. The zero-order chi connectivity index (χ0) is 15.4. The van der Waals surface area contributed by atoms with Gasteiger partial charge in [0.15, 0.2) is 6.10 Å². The minimum absolute atomic E-state index is 0.0619. The first-order chi connectivity index (χ1) is 10.0. The summed E-state index contributed by atoms with van der Waals surface area (Å²) >= 11 is 0. The fraction of sp³-hybridized carbons (Fsp3) is 0.588. The van der Waals surface area contributed by atoms with Gasteiger partial charge in [0.2, 0.25) is 0 Å². The quantitative estimate of drug-likeness (QED) is 0.846. The van der Waals surface area contributed by atoms with Gasteiger partial charge in [-0.15, -0.1) is 0 Å². The molecule has 21 heavy (non-hydrogen) atoms. The molecule has 4 heteroatoms. The third kappa shape index (κ3) is 3.97. The molecule has 0 heterocycles. The zero-order valence-corrected chi connectivity index (χ0v) is 13.2. The average molecular weight is 290 g/mol. The normalized spacial score (nSPS) is 19.7. The fourth-order valence-corrected chi connectivity index (χ4v) is 2.82. The van der Waals surface area contributed by atoms with Crippen LogP contribution < -0.4 is 15.8 Å². The summed E-state index contributed by atoms with van der Waals surface area (Å²) in [6.45, 7) is 5.91. The first-order valence-electron chi connectivity index (χ1n) is 7.86. The van der Waals surface area contributed by atoms with Crippen LogP contribution in [0.1, 0.15) is 57.2 Å². The van der Waals surface area contributed by atoms with Crippen molar-refractivity contribution in [3.8, 4) is 5.75 Å². The number of hydrogen-bond donors (Lipinski definition) is 2. The summed E-state index contributed by atoms with van der Waals surface area (Å²) in [6.07, 6.45) is 3.53. The van der Waals surface area contributed by atoms with Crippen LogP contribution in [0.3, 0.4) is 0 Å². The molecule has 0 saturated carbocycles. The molecule has 1 aliphatic carbocycles. The van der Waals surface area contributed by atoms with Gasteiger partial charge in [-0.2, -0.15) is 0 Å². The Morgan fingerprint density at radius 1 is 1.48 bits per heavy atom. The standard InChI is InChI=1S/C17H26N2O2/c1-4-5-11(2)19-17(20)12(3)21-14-7-8-15-13(10-14)6-9-16(15)18/h7-8,10-12,16H,4-6,9,18H2,1-3H3,(H,19,20)/t11?,12?,16-/m1/s1. The van der Waals surface area contributed by atoms with Crippen LogP contribution in [0, 0.1) is 0 Å². The second-order valence-electron chi connectivity index (χ2n) is 5.96. The highest BCUT2D eigenvalue weighted by Gasteiger charge is 2.21. The number of aryl methyl sites for hydroxylation is 1. The molecule has 1 aromatic rings. The van der Waals surface area contributed by atoms with E-state index >= 15 is 0 Å². The van der Waals surface area contributed by atoms with Crippen molar-refractivity contribution in [2.45, 2.75) is 64.6 Å². The number of benzene rings is 1. The van der Waals surface area contributed by atoms with E-state index in [4.69, 9.17) is 10.5 Å². The van der Waals surface area contributed by atoms with Crippen LogP contribution in [0.15, 0.2) is 18.2 Å². The average Bonchev–Trinajstić information content (AvgIpc) is 2.80. The predicted octanol–water partition coefficient (Wildman–Crippen LogP) is 2.70. The van der Waals surface area contributed by atoms with E-state index in [0.717, 1.165) is 31.4 Å². The topological polar surface area (TPSA) is 64.3 Å². The van der Waals surface area contributed by atoms with Crippen LogP contribution in [-0.4, -0.2) is 18.1 Å². The highest BCUT2D eigenvalue weighted by molar-refractivity contribution is 5.80. The fourth-order valence-electron chi connectivity index (χ4n) is 2.82.